The second-order valence-corrected chi connectivity index (χ2v) is 5.65. The van der Waals surface area contributed by atoms with Gasteiger partial charge in [0.15, 0.2) is 0 Å². The molecule has 1 aromatic heterocycles. The summed E-state index contributed by atoms with van der Waals surface area (Å²) in [4.78, 5) is 13.2. The molecular formula is C18H12N2OS. The number of amides is 1. The van der Waals surface area contributed by atoms with Gasteiger partial charge in [0.2, 0.25) is 0 Å². The summed E-state index contributed by atoms with van der Waals surface area (Å²) in [5.41, 5.74) is 0.797. The molecule has 2 aromatic carbocycles. The first-order valence-corrected chi connectivity index (χ1v) is 7.60. The van der Waals surface area contributed by atoms with Crippen LogP contribution < -0.4 is 5.32 Å². The first-order chi connectivity index (χ1) is 10.8. The maximum atomic E-state index is 12.3. The van der Waals surface area contributed by atoms with E-state index in [9.17, 15) is 10.1 Å². The summed E-state index contributed by atoms with van der Waals surface area (Å²) in [6.45, 7) is 0. The van der Waals surface area contributed by atoms with Crippen molar-refractivity contribution in [2.45, 2.75) is 0 Å². The quantitative estimate of drug-likeness (QED) is 0.574. The number of carbonyl (C=O) groups excluding carboxylic acids is 1. The molecule has 3 nitrogen and oxygen atoms in total. The van der Waals surface area contributed by atoms with Crippen LogP contribution in [0.1, 0.15) is 4.88 Å². The molecule has 0 radical (unpaired) electrons. The van der Waals surface area contributed by atoms with Crippen LogP contribution in [0, 0.1) is 11.3 Å². The summed E-state index contributed by atoms with van der Waals surface area (Å²) in [7, 11) is 0. The molecule has 4 heteroatoms. The molecule has 3 rings (SSSR count). The highest BCUT2D eigenvalue weighted by atomic mass is 32.1. The lowest BCUT2D eigenvalue weighted by Crippen LogP contribution is -2.13. The highest BCUT2D eigenvalue weighted by Crippen LogP contribution is 2.23. The highest BCUT2D eigenvalue weighted by molar-refractivity contribution is 7.10. The van der Waals surface area contributed by atoms with Crippen LogP contribution in [-0.2, 0) is 4.79 Å². The Hall–Kier alpha value is -2.90. The van der Waals surface area contributed by atoms with E-state index in [0.717, 1.165) is 15.6 Å². The van der Waals surface area contributed by atoms with Gasteiger partial charge in [0.25, 0.3) is 5.91 Å². The number of hydrogen-bond acceptors (Lipinski definition) is 3. The van der Waals surface area contributed by atoms with E-state index in [0.29, 0.717) is 5.69 Å². The van der Waals surface area contributed by atoms with Crippen molar-refractivity contribution in [3.8, 4) is 6.07 Å². The van der Waals surface area contributed by atoms with Crippen LogP contribution in [0.25, 0.3) is 16.8 Å². The lowest BCUT2D eigenvalue weighted by atomic mass is 10.1. The van der Waals surface area contributed by atoms with Crippen LogP contribution in [0.15, 0.2) is 65.6 Å². The largest absolute Gasteiger partial charge is 0.321 e. The van der Waals surface area contributed by atoms with Crippen molar-refractivity contribution < 1.29 is 4.79 Å². The number of hydrogen-bond donors (Lipinski definition) is 1. The van der Waals surface area contributed by atoms with Crippen molar-refractivity contribution in [3.05, 3.63) is 70.4 Å². The Balaban J connectivity index is 1.91. The molecule has 0 bridgehead atoms. The molecule has 1 N–H and O–H groups in total. The minimum absolute atomic E-state index is 0.0929. The molecule has 22 heavy (non-hydrogen) atoms. The van der Waals surface area contributed by atoms with E-state index in [1.807, 2.05) is 66.0 Å². The fraction of sp³-hybridized carbons (Fsp3) is 0. The van der Waals surface area contributed by atoms with E-state index in [1.165, 1.54) is 11.3 Å². The molecule has 0 fully saturated rings. The van der Waals surface area contributed by atoms with Crippen LogP contribution in [0.4, 0.5) is 5.69 Å². The second-order valence-electron chi connectivity index (χ2n) is 4.67. The number of nitrogens with zero attached hydrogens (tertiary/aromatic N) is 1. The first kappa shape index (κ1) is 14.1. The van der Waals surface area contributed by atoms with Gasteiger partial charge in [-0.25, -0.2) is 0 Å². The van der Waals surface area contributed by atoms with Gasteiger partial charge in [-0.15, -0.1) is 11.3 Å². The van der Waals surface area contributed by atoms with Crippen LogP contribution in [0.5, 0.6) is 0 Å². The zero-order chi connectivity index (χ0) is 15.4. The van der Waals surface area contributed by atoms with E-state index in [2.05, 4.69) is 5.32 Å². The van der Waals surface area contributed by atoms with Crippen molar-refractivity contribution in [3.63, 3.8) is 0 Å². The molecule has 3 aromatic rings. The van der Waals surface area contributed by atoms with E-state index >= 15 is 0 Å². The molecule has 0 atom stereocenters. The number of thiophene rings is 1. The molecule has 0 aliphatic heterocycles. The van der Waals surface area contributed by atoms with Gasteiger partial charge in [0, 0.05) is 16.0 Å². The molecular weight excluding hydrogens is 292 g/mol. The fourth-order valence-corrected chi connectivity index (χ4v) is 2.85. The normalized spacial score (nSPS) is 11.1. The Morgan fingerprint density at radius 1 is 1.09 bits per heavy atom. The number of anilines is 1. The summed E-state index contributed by atoms with van der Waals surface area (Å²) in [6, 6.07) is 19.2. The van der Waals surface area contributed by atoms with Gasteiger partial charge in [-0.05, 0) is 29.0 Å². The van der Waals surface area contributed by atoms with Crippen molar-refractivity contribution >= 4 is 39.8 Å². The maximum Gasteiger partial charge on any atom is 0.266 e. The van der Waals surface area contributed by atoms with Gasteiger partial charge in [0.1, 0.15) is 11.6 Å². The summed E-state index contributed by atoms with van der Waals surface area (Å²) in [5, 5.41) is 15.9. The Labute approximate surface area is 132 Å². The predicted octanol–water partition coefficient (Wildman–Crippen LogP) is 4.45. The van der Waals surface area contributed by atoms with Crippen molar-refractivity contribution in [1.29, 1.82) is 5.26 Å². The maximum absolute atomic E-state index is 12.3. The lowest BCUT2D eigenvalue weighted by molar-refractivity contribution is -0.112. The third kappa shape index (κ3) is 2.90. The Morgan fingerprint density at radius 3 is 2.68 bits per heavy atom. The molecule has 1 amide bonds. The Kier molecular flexibility index (Phi) is 3.99. The monoisotopic (exact) mass is 304 g/mol. The van der Waals surface area contributed by atoms with E-state index < -0.39 is 5.91 Å². The van der Waals surface area contributed by atoms with Gasteiger partial charge >= 0.3 is 0 Å². The standard InChI is InChI=1S/C18H12N2OS/c19-12-14(11-15-7-4-10-22-15)18(21)20-17-9-3-6-13-5-1-2-8-16(13)17/h1-11H,(H,20,21)/b14-11-. The number of benzene rings is 2. The molecule has 0 saturated carbocycles. The number of carbonyl (C=O) groups is 1. The van der Waals surface area contributed by atoms with E-state index in [1.54, 1.807) is 6.08 Å². The van der Waals surface area contributed by atoms with Gasteiger partial charge < -0.3 is 5.32 Å². The third-order valence-electron chi connectivity index (χ3n) is 3.23. The van der Waals surface area contributed by atoms with Crippen LogP contribution >= 0.6 is 11.3 Å². The first-order valence-electron chi connectivity index (χ1n) is 6.72. The van der Waals surface area contributed by atoms with Gasteiger partial charge in [-0.1, -0.05) is 42.5 Å². The summed E-state index contributed by atoms with van der Waals surface area (Å²) < 4.78 is 0. The summed E-state index contributed by atoms with van der Waals surface area (Å²) in [5.74, 6) is -0.396. The van der Waals surface area contributed by atoms with Crippen molar-refractivity contribution in [2.75, 3.05) is 5.32 Å². The minimum Gasteiger partial charge on any atom is -0.321 e. The third-order valence-corrected chi connectivity index (χ3v) is 4.05. The van der Waals surface area contributed by atoms with Gasteiger partial charge in [0.05, 0.1) is 0 Å². The summed E-state index contributed by atoms with van der Waals surface area (Å²) in [6.07, 6.45) is 1.60. The molecule has 0 saturated heterocycles. The molecule has 0 aliphatic carbocycles. The van der Waals surface area contributed by atoms with Gasteiger partial charge in [-0.3, -0.25) is 4.79 Å². The van der Waals surface area contributed by atoms with E-state index in [4.69, 9.17) is 0 Å². The average Bonchev–Trinajstić information content (AvgIpc) is 3.06. The minimum atomic E-state index is -0.396. The van der Waals surface area contributed by atoms with Gasteiger partial charge in [-0.2, -0.15) is 5.26 Å². The molecule has 106 valence electrons. The van der Waals surface area contributed by atoms with E-state index in [-0.39, 0.29) is 5.57 Å². The molecule has 1 heterocycles. The second kappa shape index (κ2) is 6.25. The lowest BCUT2D eigenvalue weighted by Gasteiger charge is -2.08. The molecule has 0 aliphatic rings. The Bertz CT molecular complexity index is 884. The van der Waals surface area contributed by atoms with Crippen molar-refractivity contribution in [2.24, 2.45) is 0 Å². The SMILES string of the molecule is N#C/C(=C/c1cccs1)C(=O)Nc1cccc2ccccc12. The molecule has 0 unspecified atom stereocenters. The van der Waals surface area contributed by atoms with Crippen molar-refractivity contribution in [1.82, 2.24) is 0 Å². The number of nitrogens with one attached hydrogen (secondary N) is 1. The zero-order valence-electron chi connectivity index (χ0n) is 11.6. The predicted molar refractivity (Wildman–Crippen MR) is 90.5 cm³/mol. The fourth-order valence-electron chi connectivity index (χ4n) is 2.19. The highest BCUT2D eigenvalue weighted by Gasteiger charge is 2.11. The average molecular weight is 304 g/mol. The number of fused-ring (bicyclic) bond motifs is 1. The smallest absolute Gasteiger partial charge is 0.266 e. The number of nitriles is 1. The summed E-state index contributed by atoms with van der Waals surface area (Å²) >= 11 is 1.49. The van der Waals surface area contributed by atoms with Crippen LogP contribution in [0.2, 0.25) is 0 Å². The topological polar surface area (TPSA) is 52.9 Å². The van der Waals surface area contributed by atoms with Crippen LogP contribution in [0.3, 0.4) is 0 Å². The van der Waals surface area contributed by atoms with Crippen LogP contribution in [-0.4, -0.2) is 5.91 Å². The molecule has 0 spiro atoms. The Morgan fingerprint density at radius 2 is 1.91 bits per heavy atom. The zero-order valence-corrected chi connectivity index (χ0v) is 12.4. The number of rotatable bonds is 3.